The van der Waals surface area contributed by atoms with Gasteiger partial charge in [0.1, 0.15) is 12.3 Å². The summed E-state index contributed by atoms with van der Waals surface area (Å²) in [5.41, 5.74) is 10.2. The number of rotatable bonds is 2. The molecule has 1 aliphatic heterocycles. The van der Waals surface area contributed by atoms with Crippen molar-refractivity contribution in [1.82, 2.24) is 9.97 Å². The van der Waals surface area contributed by atoms with Crippen LogP contribution in [-0.4, -0.2) is 28.9 Å². The van der Waals surface area contributed by atoms with E-state index in [0.717, 1.165) is 57.7 Å². The fourth-order valence-electron chi connectivity index (χ4n) is 4.67. The largest absolute Gasteiger partial charge is 0.474 e. The second-order valence-corrected chi connectivity index (χ2v) is 8.22. The minimum atomic E-state index is 0.131. The van der Waals surface area contributed by atoms with E-state index < -0.39 is 0 Å². The standard InChI is InChI=1S/C26H21N3O2/c1-15-22(14-29-26-25(15)27-6-7-31-26)19-11-20-21(24(30)12-23(20)28-13-19)10-16-8-17-4-2-3-5-18(17)9-16/h2-5,8,10-11,13-14,27H,6-7,9,12H2,1H3/b21-10-. The summed E-state index contributed by atoms with van der Waals surface area (Å²) in [6.45, 7) is 3.45. The van der Waals surface area contributed by atoms with Crippen LogP contribution in [0.3, 0.4) is 0 Å². The third-order valence-corrected chi connectivity index (χ3v) is 6.27. The van der Waals surface area contributed by atoms with Crippen molar-refractivity contribution in [1.29, 1.82) is 0 Å². The summed E-state index contributed by atoms with van der Waals surface area (Å²) in [5.74, 6) is 0.775. The minimum Gasteiger partial charge on any atom is -0.474 e. The molecule has 0 saturated carbocycles. The minimum absolute atomic E-state index is 0.131. The Labute approximate surface area is 180 Å². The second kappa shape index (κ2) is 6.91. The van der Waals surface area contributed by atoms with Crippen LogP contribution in [0, 0.1) is 6.92 Å². The van der Waals surface area contributed by atoms with E-state index in [1.807, 2.05) is 24.5 Å². The van der Waals surface area contributed by atoms with E-state index in [0.29, 0.717) is 18.9 Å². The number of nitrogens with one attached hydrogen (secondary N) is 1. The number of hydrogen-bond acceptors (Lipinski definition) is 5. The molecule has 5 heteroatoms. The van der Waals surface area contributed by atoms with Gasteiger partial charge in [-0.1, -0.05) is 30.3 Å². The number of Topliss-reactive ketones (excluding diaryl/α,β-unsaturated/α-hetero) is 1. The smallest absolute Gasteiger partial charge is 0.237 e. The highest BCUT2D eigenvalue weighted by atomic mass is 16.5. The van der Waals surface area contributed by atoms with E-state index >= 15 is 0 Å². The molecule has 3 heterocycles. The van der Waals surface area contributed by atoms with E-state index in [4.69, 9.17) is 4.74 Å². The molecule has 0 amide bonds. The lowest BCUT2D eigenvalue weighted by Gasteiger charge is -2.21. The maximum Gasteiger partial charge on any atom is 0.237 e. The highest BCUT2D eigenvalue weighted by Gasteiger charge is 2.28. The number of hydrogen-bond donors (Lipinski definition) is 1. The molecule has 0 atom stereocenters. The first kappa shape index (κ1) is 18.1. The van der Waals surface area contributed by atoms with Crippen molar-refractivity contribution in [2.45, 2.75) is 19.8 Å². The molecule has 0 spiro atoms. The van der Waals surface area contributed by atoms with Crippen LogP contribution in [-0.2, 0) is 17.6 Å². The molecule has 3 aromatic rings. The molecular weight excluding hydrogens is 386 g/mol. The van der Waals surface area contributed by atoms with E-state index in [-0.39, 0.29) is 5.78 Å². The summed E-state index contributed by atoms with van der Waals surface area (Å²) >= 11 is 0. The molecule has 0 radical (unpaired) electrons. The van der Waals surface area contributed by atoms with Crippen LogP contribution in [0.4, 0.5) is 5.69 Å². The van der Waals surface area contributed by atoms with Crippen LogP contribution in [0.25, 0.3) is 22.8 Å². The maximum atomic E-state index is 12.8. The maximum absolute atomic E-state index is 12.8. The van der Waals surface area contributed by atoms with E-state index in [2.05, 4.69) is 52.5 Å². The topological polar surface area (TPSA) is 64.1 Å². The molecule has 1 N–H and O–H groups in total. The van der Waals surface area contributed by atoms with Gasteiger partial charge >= 0.3 is 0 Å². The number of fused-ring (bicyclic) bond motifs is 3. The third-order valence-electron chi connectivity index (χ3n) is 6.27. The van der Waals surface area contributed by atoms with Gasteiger partial charge in [0.25, 0.3) is 0 Å². The van der Waals surface area contributed by atoms with Crippen molar-refractivity contribution in [2.75, 3.05) is 18.5 Å². The lowest BCUT2D eigenvalue weighted by atomic mass is 9.98. The SMILES string of the molecule is Cc1c(-c2cnc3c(c2)/C(=C/C2=Cc4ccccc4C2)C(=O)C3)cnc2c1NCCO2. The molecule has 0 unspecified atom stereocenters. The number of nitrogens with zero attached hydrogens (tertiary/aromatic N) is 2. The fourth-order valence-corrected chi connectivity index (χ4v) is 4.67. The van der Waals surface area contributed by atoms with Crippen LogP contribution in [0.1, 0.15) is 27.9 Å². The van der Waals surface area contributed by atoms with Crippen LogP contribution in [0.5, 0.6) is 5.88 Å². The Morgan fingerprint density at radius 3 is 2.90 bits per heavy atom. The quantitative estimate of drug-likeness (QED) is 0.638. The number of benzene rings is 1. The van der Waals surface area contributed by atoms with Gasteiger partial charge in [-0.25, -0.2) is 4.98 Å². The number of ketones is 1. The lowest BCUT2D eigenvalue weighted by Crippen LogP contribution is -2.20. The number of allylic oxidation sites excluding steroid dienone is 3. The van der Waals surface area contributed by atoms with Gasteiger partial charge in [0.2, 0.25) is 5.88 Å². The van der Waals surface area contributed by atoms with Crippen LogP contribution < -0.4 is 10.1 Å². The zero-order valence-corrected chi connectivity index (χ0v) is 17.2. The zero-order valence-electron chi connectivity index (χ0n) is 17.2. The van der Waals surface area contributed by atoms with Crippen molar-refractivity contribution >= 4 is 23.1 Å². The summed E-state index contributed by atoms with van der Waals surface area (Å²) in [6.07, 6.45) is 9.12. The molecule has 0 saturated heterocycles. The predicted octanol–water partition coefficient (Wildman–Crippen LogP) is 4.40. The van der Waals surface area contributed by atoms with Gasteiger partial charge in [0, 0.05) is 41.2 Å². The zero-order chi connectivity index (χ0) is 20.9. The first-order valence-corrected chi connectivity index (χ1v) is 10.6. The first-order valence-electron chi connectivity index (χ1n) is 10.6. The van der Waals surface area contributed by atoms with Crippen molar-refractivity contribution < 1.29 is 9.53 Å². The van der Waals surface area contributed by atoms with Gasteiger partial charge in [-0.05, 0) is 47.8 Å². The Morgan fingerprint density at radius 2 is 2.00 bits per heavy atom. The van der Waals surface area contributed by atoms with Gasteiger partial charge in [-0.15, -0.1) is 0 Å². The van der Waals surface area contributed by atoms with Crippen LogP contribution in [0.15, 0.2) is 54.4 Å². The Hall–Kier alpha value is -3.73. The second-order valence-electron chi connectivity index (χ2n) is 8.22. The van der Waals surface area contributed by atoms with E-state index in [9.17, 15) is 4.79 Å². The summed E-state index contributed by atoms with van der Waals surface area (Å²) in [6, 6.07) is 10.5. The third kappa shape index (κ3) is 2.96. The average molecular weight is 407 g/mol. The molecule has 31 heavy (non-hydrogen) atoms. The number of anilines is 1. The van der Waals surface area contributed by atoms with Gasteiger partial charge in [0.05, 0.1) is 12.1 Å². The fraction of sp³-hybridized carbons (Fsp3) is 0.192. The monoisotopic (exact) mass is 407 g/mol. The number of carbonyl (C=O) groups is 1. The van der Waals surface area contributed by atoms with Crippen molar-refractivity contribution in [3.05, 3.63) is 82.3 Å². The summed E-state index contributed by atoms with van der Waals surface area (Å²) in [4.78, 5) is 22.0. The number of pyridine rings is 2. The predicted molar refractivity (Wildman–Crippen MR) is 121 cm³/mol. The molecule has 5 nitrogen and oxygen atoms in total. The molecule has 3 aliphatic rings. The van der Waals surface area contributed by atoms with Crippen LogP contribution in [0.2, 0.25) is 0 Å². The van der Waals surface area contributed by atoms with Gasteiger partial charge in [0.15, 0.2) is 5.78 Å². The summed E-state index contributed by atoms with van der Waals surface area (Å²) in [7, 11) is 0. The molecular formula is C26H21N3O2. The summed E-state index contributed by atoms with van der Waals surface area (Å²) < 4.78 is 5.65. The molecule has 6 rings (SSSR count). The van der Waals surface area contributed by atoms with Gasteiger partial charge < -0.3 is 10.1 Å². The lowest BCUT2D eigenvalue weighted by molar-refractivity contribution is -0.112. The van der Waals surface area contributed by atoms with Crippen molar-refractivity contribution in [3.63, 3.8) is 0 Å². The number of ether oxygens (including phenoxy) is 1. The Morgan fingerprint density at radius 1 is 1.10 bits per heavy atom. The molecule has 152 valence electrons. The van der Waals surface area contributed by atoms with Gasteiger partial charge in [-0.3, -0.25) is 9.78 Å². The first-order chi connectivity index (χ1) is 15.2. The molecule has 1 aromatic carbocycles. The molecule has 0 fully saturated rings. The Balaban J connectivity index is 1.40. The van der Waals surface area contributed by atoms with E-state index in [1.165, 1.54) is 11.1 Å². The Bertz CT molecular complexity index is 1320. The Kier molecular flexibility index (Phi) is 4.03. The molecule has 2 aromatic heterocycles. The van der Waals surface area contributed by atoms with E-state index in [1.54, 1.807) is 0 Å². The van der Waals surface area contributed by atoms with Gasteiger partial charge in [-0.2, -0.15) is 0 Å². The molecule has 2 aliphatic carbocycles. The van der Waals surface area contributed by atoms with Crippen molar-refractivity contribution in [2.24, 2.45) is 0 Å². The number of aromatic nitrogens is 2. The average Bonchev–Trinajstić information content (AvgIpc) is 3.34. The van der Waals surface area contributed by atoms with Crippen LogP contribution >= 0.6 is 0 Å². The summed E-state index contributed by atoms with van der Waals surface area (Å²) in [5, 5.41) is 3.39. The van der Waals surface area contributed by atoms with Crippen molar-refractivity contribution in [3.8, 4) is 17.0 Å². The highest BCUT2D eigenvalue weighted by Crippen LogP contribution is 2.38. The number of carbonyl (C=O) groups excluding carboxylic acids is 1. The molecule has 0 bridgehead atoms. The highest BCUT2D eigenvalue weighted by molar-refractivity contribution is 6.25. The normalized spacial score (nSPS) is 17.5.